The highest BCUT2D eigenvalue weighted by Crippen LogP contribution is 2.25. The van der Waals surface area contributed by atoms with Crippen molar-refractivity contribution in [1.29, 1.82) is 0 Å². The Morgan fingerprint density at radius 3 is 2.76 bits per heavy atom. The third-order valence-corrected chi connectivity index (χ3v) is 3.61. The first-order valence-corrected chi connectivity index (χ1v) is 7.89. The van der Waals surface area contributed by atoms with Gasteiger partial charge in [-0.1, -0.05) is 13.8 Å². The summed E-state index contributed by atoms with van der Waals surface area (Å²) in [6.45, 7) is 15.5. The summed E-state index contributed by atoms with van der Waals surface area (Å²) in [6, 6.07) is 4.86. The fourth-order valence-electron chi connectivity index (χ4n) is 2.94. The summed E-state index contributed by atoms with van der Waals surface area (Å²) in [5.74, 6) is 1.07. The van der Waals surface area contributed by atoms with E-state index in [0.29, 0.717) is 6.04 Å². The third-order valence-electron chi connectivity index (χ3n) is 3.61. The smallest absolute Gasteiger partial charge is 0.129 e. The zero-order chi connectivity index (χ0) is 15.6. The van der Waals surface area contributed by atoms with Gasteiger partial charge in [0.1, 0.15) is 5.82 Å². The van der Waals surface area contributed by atoms with E-state index in [0.717, 1.165) is 31.1 Å². The van der Waals surface area contributed by atoms with Gasteiger partial charge in [-0.05, 0) is 45.4 Å². The van der Waals surface area contributed by atoms with E-state index in [1.165, 1.54) is 5.56 Å². The molecule has 1 N–H and O–H groups in total. The van der Waals surface area contributed by atoms with E-state index in [1.807, 2.05) is 0 Å². The van der Waals surface area contributed by atoms with Crippen LogP contribution in [0.15, 0.2) is 12.1 Å². The molecule has 21 heavy (non-hydrogen) atoms. The highest BCUT2D eigenvalue weighted by Gasteiger charge is 2.32. The van der Waals surface area contributed by atoms with Gasteiger partial charge in [-0.3, -0.25) is 0 Å². The topological polar surface area (TPSA) is 37.4 Å². The lowest BCUT2D eigenvalue weighted by molar-refractivity contribution is -0.0751. The predicted octanol–water partition coefficient (Wildman–Crippen LogP) is 2.89. The maximum atomic E-state index is 5.98. The van der Waals surface area contributed by atoms with Gasteiger partial charge < -0.3 is 15.0 Å². The second-order valence-corrected chi connectivity index (χ2v) is 7.08. The van der Waals surface area contributed by atoms with Crippen LogP contribution < -0.4 is 10.2 Å². The summed E-state index contributed by atoms with van der Waals surface area (Å²) in [5, 5.41) is 3.47. The van der Waals surface area contributed by atoms with Crippen LogP contribution in [0.4, 0.5) is 5.82 Å². The number of aryl methyl sites for hydroxylation is 1. The number of morpholine rings is 1. The highest BCUT2D eigenvalue weighted by atomic mass is 16.5. The molecule has 1 saturated heterocycles. The molecule has 1 fully saturated rings. The van der Waals surface area contributed by atoms with Crippen molar-refractivity contribution in [3.63, 3.8) is 0 Å². The molecule has 118 valence electrons. The van der Waals surface area contributed by atoms with Crippen molar-refractivity contribution >= 4 is 5.82 Å². The predicted molar refractivity (Wildman–Crippen MR) is 87.8 cm³/mol. The highest BCUT2D eigenvalue weighted by molar-refractivity contribution is 5.44. The Bertz CT molecular complexity index is 485. The first-order valence-electron chi connectivity index (χ1n) is 7.89. The average molecular weight is 291 g/mol. The number of anilines is 1. The number of pyridine rings is 1. The van der Waals surface area contributed by atoms with E-state index in [2.05, 4.69) is 63.9 Å². The van der Waals surface area contributed by atoms with Gasteiger partial charge in [0.05, 0.1) is 11.7 Å². The van der Waals surface area contributed by atoms with E-state index in [1.54, 1.807) is 0 Å². The minimum Gasteiger partial charge on any atom is -0.369 e. The van der Waals surface area contributed by atoms with Crippen molar-refractivity contribution in [2.24, 2.45) is 0 Å². The molecule has 1 aromatic rings. The Morgan fingerprint density at radius 2 is 2.14 bits per heavy atom. The van der Waals surface area contributed by atoms with Crippen molar-refractivity contribution in [2.45, 2.75) is 65.8 Å². The zero-order valence-electron chi connectivity index (χ0n) is 14.2. The molecule has 2 rings (SSSR count). The quantitative estimate of drug-likeness (QED) is 0.925. The Hall–Kier alpha value is -1.13. The first-order chi connectivity index (χ1) is 9.75. The van der Waals surface area contributed by atoms with Crippen molar-refractivity contribution in [3.05, 3.63) is 23.4 Å². The standard InChI is InChI=1S/C17H29N3O/c1-12(2)18-9-15-7-13(3)19-16(8-15)20-10-14(4)21-17(5,6)11-20/h7-8,12,14,18H,9-11H2,1-6H3. The van der Waals surface area contributed by atoms with Crippen LogP contribution in [0.3, 0.4) is 0 Å². The van der Waals surface area contributed by atoms with Crippen molar-refractivity contribution in [1.82, 2.24) is 10.3 Å². The number of rotatable bonds is 4. The maximum absolute atomic E-state index is 5.98. The summed E-state index contributed by atoms with van der Waals surface area (Å²) >= 11 is 0. The molecule has 1 aliphatic heterocycles. The Kier molecular flexibility index (Phi) is 4.89. The molecular weight excluding hydrogens is 262 g/mol. The lowest BCUT2D eigenvalue weighted by Crippen LogP contribution is -2.52. The van der Waals surface area contributed by atoms with Crippen LogP contribution in [0.1, 0.15) is 45.9 Å². The molecule has 4 nitrogen and oxygen atoms in total. The molecule has 0 aliphatic carbocycles. The summed E-state index contributed by atoms with van der Waals surface area (Å²) in [4.78, 5) is 7.07. The number of nitrogens with one attached hydrogen (secondary N) is 1. The Balaban J connectivity index is 2.18. The summed E-state index contributed by atoms with van der Waals surface area (Å²) in [5.41, 5.74) is 2.24. The molecule has 0 spiro atoms. The third kappa shape index (κ3) is 4.68. The fourth-order valence-corrected chi connectivity index (χ4v) is 2.94. The van der Waals surface area contributed by atoms with Crippen LogP contribution >= 0.6 is 0 Å². The molecule has 0 bridgehead atoms. The van der Waals surface area contributed by atoms with Crippen molar-refractivity contribution < 1.29 is 4.74 Å². The number of nitrogens with zero attached hydrogens (tertiary/aromatic N) is 2. The minimum absolute atomic E-state index is 0.126. The van der Waals surface area contributed by atoms with Crippen LogP contribution in [0.5, 0.6) is 0 Å². The van der Waals surface area contributed by atoms with Gasteiger partial charge in [0.25, 0.3) is 0 Å². The molecule has 2 heterocycles. The molecule has 0 saturated carbocycles. The second-order valence-electron chi connectivity index (χ2n) is 7.08. The lowest BCUT2D eigenvalue weighted by Gasteiger charge is -2.42. The van der Waals surface area contributed by atoms with Gasteiger partial charge in [0.2, 0.25) is 0 Å². The lowest BCUT2D eigenvalue weighted by atomic mass is 10.1. The molecule has 0 aromatic carbocycles. The average Bonchev–Trinajstić information content (AvgIpc) is 2.33. The number of ether oxygens (including phenoxy) is 1. The summed E-state index contributed by atoms with van der Waals surface area (Å²) in [6.07, 6.45) is 0.230. The van der Waals surface area contributed by atoms with Crippen LogP contribution in [0, 0.1) is 6.92 Å². The molecule has 0 amide bonds. The molecule has 4 heteroatoms. The van der Waals surface area contributed by atoms with Crippen LogP contribution in [-0.2, 0) is 11.3 Å². The van der Waals surface area contributed by atoms with Gasteiger partial charge in [-0.25, -0.2) is 4.98 Å². The molecule has 0 radical (unpaired) electrons. The maximum Gasteiger partial charge on any atom is 0.129 e. The minimum atomic E-state index is -0.126. The van der Waals surface area contributed by atoms with Crippen LogP contribution in [0.25, 0.3) is 0 Å². The monoisotopic (exact) mass is 291 g/mol. The SMILES string of the molecule is Cc1cc(CNC(C)C)cc(N2CC(C)OC(C)(C)C2)n1. The van der Waals surface area contributed by atoms with Crippen LogP contribution in [0.2, 0.25) is 0 Å². The van der Waals surface area contributed by atoms with Gasteiger partial charge in [0, 0.05) is 31.4 Å². The second kappa shape index (κ2) is 6.32. The van der Waals surface area contributed by atoms with E-state index in [-0.39, 0.29) is 11.7 Å². The van der Waals surface area contributed by atoms with E-state index in [9.17, 15) is 0 Å². The fraction of sp³-hybridized carbons (Fsp3) is 0.706. The molecule has 1 unspecified atom stereocenters. The number of hydrogen-bond acceptors (Lipinski definition) is 4. The normalized spacial score (nSPS) is 21.9. The van der Waals surface area contributed by atoms with E-state index < -0.39 is 0 Å². The van der Waals surface area contributed by atoms with Crippen molar-refractivity contribution in [2.75, 3.05) is 18.0 Å². The summed E-state index contributed by atoms with van der Waals surface area (Å²) in [7, 11) is 0. The van der Waals surface area contributed by atoms with Gasteiger partial charge in [-0.15, -0.1) is 0 Å². The van der Waals surface area contributed by atoms with E-state index >= 15 is 0 Å². The number of hydrogen-bond donors (Lipinski definition) is 1. The van der Waals surface area contributed by atoms with Gasteiger partial charge in [-0.2, -0.15) is 0 Å². The van der Waals surface area contributed by atoms with Gasteiger partial charge >= 0.3 is 0 Å². The summed E-state index contributed by atoms with van der Waals surface area (Å²) < 4.78 is 5.98. The van der Waals surface area contributed by atoms with Crippen LogP contribution in [-0.4, -0.2) is 35.8 Å². The first kappa shape index (κ1) is 16.2. The number of aromatic nitrogens is 1. The van der Waals surface area contributed by atoms with E-state index in [4.69, 9.17) is 9.72 Å². The Labute approximate surface area is 128 Å². The molecular formula is C17H29N3O. The van der Waals surface area contributed by atoms with Crippen molar-refractivity contribution in [3.8, 4) is 0 Å². The van der Waals surface area contributed by atoms with Gasteiger partial charge in [0.15, 0.2) is 0 Å². The largest absolute Gasteiger partial charge is 0.369 e. The molecule has 1 aromatic heterocycles. The zero-order valence-corrected chi connectivity index (χ0v) is 14.2. The Morgan fingerprint density at radius 1 is 1.43 bits per heavy atom. The molecule has 1 aliphatic rings. The molecule has 1 atom stereocenters.